The van der Waals surface area contributed by atoms with Crippen molar-refractivity contribution in [2.75, 3.05) is 11.9 Å². The van der Waals surface area contributed by atoms with Crippen molar-refractivity contribution in [3.05, 3.63) is 28.8 Å². The number of aliphatic carboxylic acids is 1. The largest absolute Gasteiger partial charge is 0.480 e. The Labute approximate surface area is 112 Å². The van der Waals surface area contributed by atoms with Crippen LogP contribution in [0.25, 0.3) is 0 Å². The summed E-state index contributed by atoms with van der Waals surface area (Å²) in [4.78, 5) is 10.8. The monoisotopic (exact) mass is 288 g/mol. The fourth-order valence-corrected chi connectivity index (χ4v) is 1.70. The van der Waals surface area contributed by atoms with Gasteiger partial charge in [0.25, 0.3) is 0 Å². The molecule has 1 atom stereocenters. The fourth-order valence-electron chi connectivity index (χ4n) is 1.70. The van der Waals surface area contributed by atoms with Crippen LogP contribution >= 0.6 is 0 Å². The third-order valence-corrected chi connectivity index (χ3v) is 2.68. The SMILES string of the molecule is Cc1c(N[C@H](CO)C(=O)O)ccc(C#N)c1C(F)(F)F. The maximum Gasteiger partial charge on any atom is 0.418 e. The van der Waals surface area contributed by atoms with Crippen LogP contribution in [0.5, 0.6) is 0 Å². The molecule has 0 unspecified atom stereocenters. The van der Waals surface area contributed by atoms with Gasteiger partial charge in [-0.1, -0.05) is 0 Å². The van der Waals surface area contributed by atoms with Crippen molar-refractivity contribution in [2.24, 2.45) is 0 Å². The summed E-state index contributed by atoms with van der Waals surface area (Å²) < 4.78 is 38.7. The highest BCUT2D eigenvalue weighted by Crippen LogP contribution is 2.37. The molecule has 0 aliphatic heterocycles. The standard InChI is InChI=1S/C12H11F3N2O3/c1-6-8(17-9(5-18)11(19)20)3-2-7(4-16)10(6)12(13,14)15/h2-3,9,17-18H,5H2,1H3,(H,19,20)/t9-/m1/s1. The second kappa shape index (κ2) is 5.79. The lowest BCUT2D eigenvalue weighted by molar-refractivity contribution is -0.139. The van der Waals surface area contributed by atoms with E-state index in [1.54, 1.807) is 0 Å². The molecule has 20 heavy (non-hydrogen) atoms. The number of rotatable bonds is 4. The number of alkyl halides is 3. The molecular formula is C12H11F3N2O3. The number of carboxylic acids is 1. The molecule has 0 aliphatic rings. The molecule has 0 aliphatic carbocycles. The van der Waals surface area contributed by atoms with Crippen LogP contribution in [0.1, 0.15) is 16.7 Å². The van der Waals surface area contributed by atoms with E-state index in [9.17, 15) is 18.0 Å². The van der Waals surface area contributed by atoms with E-state index in [1.165, 1.54) is 12.1 Å². The minimum Gasteiger partial charge on any atom is -0.480 e. The van der Waals surface area contributed by atoms with E-state index in [2.05, 4.69) is 5.32 Å². The molecule has 0 amide bonds. The van der Waals surface area contributed by atoms with Crippen molar-refractivity contribution in [2.45, 2.75) is 19.1 Å². The minimum atomic E-state index is -4.73. The van der Waals surface area contributed by atoms with E-state index in [0.29, 0.717) is 0 Å². The van der Waals surface area contributed by atoms with Gasteiger partial charge in [-0.05, 0) is 24.6 Å². The third-order valence-electron chi connectivity index (χ3n) is 2.68. The summed E-state index contributed by atoms with van der Waals surface area (Å²) in [5, 5.41) is 28.6. The van der Waals surface area contributed by atoms with Gasteiger partial charge in [-0.2, -0.15) is 18.4 Å². The van der Waals surface area contributed by atoms with Crippen molar-refractivity contribution in [3.8, 4) is 6.07 Å². The highest BCUT2D eigenvalue weighted by molar-refractivity contribution is 5.78. The van der Waals surface area contributed by atoms with Crippen LogP contribution in [0.4, 0.5) is 18.9 Å². The Morgan fingerprint density at radius 2 is 2.10 bits per heavy atom. The van der Waals surface area contributed by atoms with Gasteiger partial charge in [0, 0.05) is 5.69 Å². The molecule has 0 spiro atoms. The number of nitrogens with one attached hydrogen (secondary N) is 1. The Bertz CT molecular complexity index is 564. The number of hydrogen-bond acceptors (Lipinski definition) is 4. The van der Waals surface area contributed by atoms with E-state index < -0.39 is 35.9 Å². The molecule has 1 rings (SSSR count). The maximum atomic E-state index is 12.9. The zero-order valence-electron chi connectivity index (χ0n) is 10.3. The first-order valence-electron chi connectivity index (χ1n) is 5.43. The van der Waals surface area contributed by atoms with E-state index in [4.69, 9.17) is 15.5 Å². The van der Waals surface area contributed by atoms with Crippen LogP contribution in [0, 0.1) is 18.3 Å². The molecule has 1 aromatic carbocycles. The Hall–Kier alpha value is -2.27. The first kappa shape index (κ1) is 15.8. The number of anilines is 1. The number of carboxylic acid groups (broad SMARTS) is 1. The molecule has 0 bridgehead atoms. The molecule has 3 N–H and O–H groups in total. The number of aliphatic hydroxyl groups is 1. The summed E-state index contributed by atoms with van der Waals surface area (Å²) in [5.74, 6) is -1.40. The van der Waals surface area contributed by atoms with Gasteiger partial charge < -0.3 is 15.5 Å². The van der Waals surface area contributed by atoms with Gasteiger partial charge in [0.05, 0.1) is 23.8 Å². The normalized spacial score (nSPS) is 12.6. The number of nitrogens with zero attached hydrogens (tertiary/aromatic N) is 1. The zero-order valence-corrected chi connectivity index (χ0v) is 10.3. The van der Waals surface area contributed by atoms with Crippen LogP contribution < -0.4 is 5.32 Å². The molecule has 8 heteroatoms. The number of benzene rings is 1. The van der Waals surface area contributed by atoms with Crippen LogP contribution in [-0.4, -0.2) is 28.8 Å². The first-order valence-corrected chi connectivity index (χ1v) is 5.43. The Morgan fingerprint density at radius 3 is 2.50 bits per heavy atom. The summed E-state index contributed by atoms with van der Waals surface area (Å²) >= 11 is 0. The summed E-state index contributed by atoms with van der Waals surface area (Å²) in [5.41, 5.74) is -2.06. The zero-order chi connectivity index (χ0) is 15.5. The molecule has 0 radical (unpaired) electrons. The molecule has 5 nitrogen and oxygen atoms in total. The summed E-state index contributed by atoms with van der Waals surface area (Å²) in [6.07, 6.45) is -4.73. The van der Waals surface area contributed by atoms with Gasteiger partial charge in [-0.25, -0.2) is 4.79 Å². The van der Waals surface area contributed by atoms with Crippen molar-refractivity contribution in [1.29, 1.82) is 5.26 Å². The molecule has 0 saturated heterocycles. The van der Waals surface area contributed by atoms with Gasteiger partial charge in [0.1, 0.15) is 6.04 Å². The van der Waals surface area contributed by atoms with Gasteiger partial charge in [0.15, 0.2) is 0 Å². The highest BCUT2D eigenvalue weighted by Gasteiger charge is 2.36. The van der Waals surface area contributed by atoms with Crippen LogP contribution in [-0.2, 0) is 11.0 Å². The third kappa shape index (κ3) is 3.19. The number of halogens is 3. The van der Waals surface area contributed by atoms with E-state index in [1.807, 2.05) is 0 Å². The fraction of sp³-hybridized carbons (Fsp3) is 0.333. The maximum absolute atomic E-state index is 12.9. The number of nitriles is 1. The molecular weight excluding hydrogens is 277 g/mol. The lowest BCUT2D eigenvalue weighted by atomic mass is 10.00. The molecule has 1 aromatic rings. The molecule has 0 fully saturated rings. The highest BCUT2D eigenvalue weighted by atomic mass is 19.4. The van der Waals surface area contributed by atoms with Crippen LogP contribution in [0.15, 0.2) is 12.1 Å². The van der Waals surface area contributed by atoms with Crippen molar-refractivity contribution < 1.29 is 28.2 Å². The van der Waals surface area contributed by atoms with Crippen molar-refractivity contribution in [3.63, 3.8) is 0 Å². The first-order chi connectivity index (χ1) is 9.22. The smallest absolute Gasteiger partial charge is 0.418 e. The lowest BCUT2D eigenvalue weighted by Gasteiger charge is -2.19. The second-order valence-electron chi connectivity index (χ2n) is 3.99. The van der Waals surface area contributed by atoms with E-state index >= 15 is 0 Å². The number of carbonyl (C=O) groups is 1. The summed E-state index contributed by atoms with van der Waals surface area (Å²) in [6, 6.07) is 2.15. The summed E-state index contributed by atoms with van der Waals surface area (Å²) in [7, 11) is 0. The Kier molecular flexibility index (Phi) is 4.57. The Morgan fingerprint density at radius 1 is 1.50 bits per heavy atom. The molecule has 0 aromatic heterocycles. The van der Waals surface area contributed by atoms with Gasteiger partial charge in [-0.15, -0.1) is 0 Å². The topological polar surface area (TPSA) is 93.3 Å². The predicted molar refractivity (Wildman–Crippen MR) is 63.0 cm³/mol. The second-order valence-corrected chi connectivity index (χ2v) is 3.99. The predicted octanol–water partition coefficient (Wildman–Crippen LogP) is 1.74. The minimum absolute atomic E-state index is 0.0993. The molecule has 0 heterocycles. The lowest BCUT2D eigenvalue weighted by Crippen LogP contribution is -2.33. The number of hydrogen-bond donors (Lipinski definition) is 3. The molecule has 0 saturated carbocycles. The average molecular weight is 288 g/mol. The van der Waals surface area contributed by atoms with Crippen LogP contribution in [0.3, 0.4) is 0 Å². The van der Waals surface area contributed by atoms with Gasteiger partial charge in [0.2, 0.25) is 0 Å². The van der Waals surface area contributed by atoms with Crippen molar-refractivity contribution in [1.82, 2.24) is 0 Å². The number of aliphatic hydroxyl groups excluding tert-OH is 1. The summed E-state index contributed by atoms with van der Waals surface area (Å²) in [6.45, 7) is 0.346. The van der Waals surface area contributed by atoms with Gasteiger partial charge in [-0.3, -0.25) is 0 Å². The Balaban J connectivity index is 3.32. The average Bonchev–Trinajstić information content (AvgIpc) is 2.34. The van der Waals surface area contributed by atoms with E-state index in [-0.39, 0.29) is 11.3 Å². The quantitative estimate of drug-likeness (QED) is 0.784. The van der Waals surface area contributed by atoms with Crippen LogP contribution in [0.2, 0.25) is 0 Å². The van der Waals surface area contributed by atoms with E-state index in [0.717, 1.165) is 13.0 Å². The molecule has 108 valence electrons. The van der Waals surface area contributed by atoms with Crippen molar-refractivity contribution >= 4 is 11.7 Å². The van der Waals surface area contributed by atoms with Gasteiger partial charge >= 0.3 is 12.1 Å².